The maximum atomic E-state index is 6.54. The number of aromatic amines is 2. The minimum atomic E-state index is 0.364. The lowest BCUT2D eigenvalue weighted by Crippen LogP contribution is -2.12. The second-order valence-corrected chi connectivity index (χ2v) is 36.9. The highest BCUT2D eigenvalue weighted by Crippen LogP contribution is 2.41. The maximum Gasteiger partial charge on any atom is 0.164 e. The molecule has 4 aromatic carbocycles. The summed E-state index contributed by atoms with van der Waals surface area (Å²) in [5, 5.41) is 4.08. The third kappa shape index (κ3) is 39.3. The third-order valence-electron chi connectivity index (χ3n) is 26.2. The first kappa shape index (κ1) is 103. The topological polar surface area (TPSA) is 183 Å². The molecule has 3 aromatic heterocycles. The Morgan fingerprint density at radius 2 is 0.405 bits per heavy atom. The van der Waals surface area contributed by atoms with Gasteiger partial charge in [0, 0.05) is 58.0 Å². The normalized spacial score (nSPS) is 12.0. The average Bonchev–Trinajstić information content (AvgIpc) is 1.59. The molecule has 0 fully saturated rings. The van der Waals surface area contributed by atoms with Crippen LogP contribution in [0.3, 0.4) is 0 Å². The summed E-state index contributed by atoms with van der Waals surface area (Å²) in [5.41, 5.74) is 11.9. The second-order valence-electron chi connectivity index (χ2n) is 36.9. The smallest absolute Gasteiger partial charge is 0.164 e. The Morgan fingerprint density at radius 1 is 0.206 bits per heavy atom. The molecule has 0 atom stereocenters. The van der Waals surface area contributed by atoms with Gasteiger partial charge in [0.25, 0.3) is 0 Å². The number of H-pyrrole nitrogens is 2. The predicted octanol–water partition coefficient (Wildman–Crippen LogP) is 31.1. The number of fused-ring (bicyclic) bond motifs is 20. The summed E-state index contributed by atoms with van der Waals surface area (Å²) in [6, 6.07) is 22.3. The summed E-state index contributed by atoms with van der Waals surface area (Å²) in [7, 11) is 3.37. The van der Waals surface area contributed by atoms with Gasteiger partial charge in [-0.25, -0.2) is 29.9 Å². The number of hydrogen-bond acceptors (Lipinski definition) is 14. The lowest BCUT2D eigenvalue weighted by atomic mass is 9.94. The number of aromatic nitrogens is 8. The molecule has 2 N–H and O–H groups in total. The molecule has 0 amide bonds. The standard InChI is InChI=1S/C110H174N8O8/c1-7-11-15-19-23-27-31-35-39-43-47-51-55-59-63-89-83-97-99(85-91(89)65-61-57-53-49-45-41-37-33-29-25-21-17-13-9-3)107-115-105(97)111-103-95-69-67-93(125-81-79-123-77-75-121-73-71-119-5)87-101(95)110(113-103)118-108-100-86-92(66-62-58-54-50-46-42-38-34-30-26-22-18-14-10-4)90(64-60-56-52-48-44-40-36-32-28-24-20-16-12-8-2)84-98(100)106(116-108)112-104-96-70-68-94(88-102(96)109(114-104)117-107)126-82-80-124-78-76-122-74-72-120-6/h67-70,83-88H,7-66,71-82H2,1-6H3,(H2,111,112,113,114,115,116,117,118). The average molecular weight is 1740 g/mol. The fourth-order valence-electron chi connectivity index (χ4n) is 18.5. The number of aryl methyl sites for hydroxylation is 4. The van der Waals surface area contributed by atoms with Crippen molar-refractivity contribution in [3.8, 4) is 57.1 Å². The molecule has 2 aliphatic heterocycles. The van der Waals surface area contributed by atoms with Gasteiger partial charge in [0.05, 0.1) is 66.1 Å². The van der Waals surface area contributed by atoms with E-state index in [1.807, 2.05) is 12.1 Å². The zero-order valence-corrected chi connectivity index (χ0v) is 80.6. The summed E-state index contributed by atoms with van der Waals surface area (Å²) < 4.78 is 46.8. The lowest BCUT2D eigenvalue weighted by molar-refractivity contribution is 0.0180. The Kier molecular flexibility index (Phi) is 54.2. The Balaban J connectivity index is 1.10. The van der Waals surface area contributed by atoms with Gasteiger partial charge in [-0.1, -0.05) is 362 Å². The number of unbranched alkanes of at least 4 members (excludes halogenated alkanes) is 52. The SMILES string of the molecule is CCCCCCCCCCCCCCCCc1cc2c3nc4nc(nc5[nH]c(nc6nc(nc([nH]3)c2cc1CCCCCCCCCCCCCCCC)-c1cc(OCCOCCOCCOC)ccc1-6)c1cc(CCCCCCCCCCCCCCCC)c(CCCCCCCCCCCCCCCC)cc51)-c1cc(OCCOCCOCCOC)ccc1-4. The predicted molar refractivity (Wildman–Crippen MR) is 530 cm³/mol. The molecule has 0 saturated heterocycles. The first-order valence-corrected chi connectivity index (χ1v) is 52.4. The minimum Gasteiger partial charge on any atom is -0.491 e. The molecule has 0 spiro atoms. The second kappa shape index (κ2) is 66.0. The number of ether oxygens (including phenoxy) is 8. The summed E-state index contributed by atoms with van der Waals surface area (Å²) in [5.74, 6) is 3.68. The van der Waals surface area contributed by atoms with Crippen LogP contribution < -0.4 is 9.47 Å². The van der Waals surface area contributed by atoms with Crippen LogP contribution in [-0.4, -0.2) is 133 Å². The van der Waals surface area contributed by atoms with Crippen LogP contribution in [0.5, 0.6) is 11.5 Å². The molecular formula is C110H174N8O8. The molecule has 7 aromatic rings. The summed E-state index contributed by atoms with van der Waals surface area (Å²) in [6.07, 6.45) is 78.9. The highest BCUT2D eigenvalue weighted by Gasteiger charge is 2.26. The number of hydrogen-bond donors (Lipinski definition) is 2. The van der Waals surface area contributed by atoms with Gasteiger partial charge in [-0.05, 0) is 134 Å². The van der Waals surface area contributed by atoms with Crippen molar-refractivity contribution in [2.45, 2.75) is 413 Å². The molecule has 9 rings (SSSR count). The Hall–Kier alpha value is -6.40. The van der Waals surface area contributed by atoms with Gasteiger partial charge in [0.2, 0.25) is 0 Å². The summed E-state index contributed by atoms with van der Waals surface area (Å²) in [4.78, 5) is 41.7. The van der Waals surface area contributed by atoms with Crippen LogP contribution in [0.2, 0.25) is 0 Å². The van der Waals surface area contributed by atoms with E-state index in [2.05, 4.69) is 86.2 Å². The van der Waals surface area contributed by atoms with Gasteiger partial charge >= 0.3 is 0 Å². The van der Waals surface area contributed by atoms with Crippen molar-refractivity contribution >= 4 is 44.1 Å². The Bertz CT molecular complexity index is 3930. The molecule has 0 saturated carbocycles. The summed E-state index contributed by atoms with van der Waals surface area (Å²) in [6.45, 7) is 14.9. The van der Waals surface area contributed by atoms with E-state index in [9.17, 15) is 0 Å². The van der Waals surface area contributed by atoms with E-state index in [4.69, 9.17) is 67.8 Å². The number of benzene rings is 4. The zero-order valence-electron chi connectivity index (χ0n) is 80.6. The maximum absolute atomic E-state index is 6.54. The largest absolute Gasteiger partial charge is 0.491 e. The molecule has 0 aliphatic carbocycles. The van der Waals surface area contributed by atoms with Crippen LogP contribution in [0.1, 0.15) is 410 Å². The van der Waals surface area contributed by atoms with Crippen LogP contribution in [0.4, 0.5) is 0 Å². The van der Waals surface area contributed by atoms with Crippen molar-refractivity contribution in [3.63, 3.8) is 0 Å². The van der Waals surface area contributed by atoms with Gasteiger partial charge < -0.3 is 47.9 Å². The van der Waals surface area contributed by atoms with Gasteiger partial charge in [-0.2, -0.15) is 0 Å². The van der Waals surface area contributed by atoms with E-state index in [-0.39, 0.29) is 0 Å². The number of methoxy groups -OCH3 is 2. The van der Waals surface area contributed by atoms with Gasteiger partial charge in [-0.15, -0.1) is 0 Å². The molecule has 16 heteroatoms. The molecule has 126 heavy (non-hydrogen) atoms. The van der Waals surface area contributed by atoms with Crippen molar-refractivity contribution in [2.24, 2.45) is 0 Å². The van der Waals surface area contributed by atoms with Gasteiger partial charge in [-0.3, -0.25) is 0 Å². The van der Waals surface area contributed by atoms with Crippen molar-refractivity contribution in [1.82, 2.24) is 39.9 Å². The molecule has 8 bridgehead atoms. The highest BCUT2D eigenvalue weighted by molar-refractivity contribution is 6.07. The minimum absolute atomic E-state index is 0.364. The van der Waals surface area contributed by atoms with Crippen LogP contribution in [0, 0.1) is 0 Å². The number of nitrogens with one attached hydrogen (secondary N) is 2. The quantitative estimate of drug-likeness (QED) is 0.0343. The molecule has 0 radical (unpaired) electrons. The van der Waals surface area contributed by atoms with Crippen LogP contribution in [0.15, 0.2) is 60.7 Å². The molecule has 702 valence electrons. The fourth-order valence-corrected chi connectivity index (χ4v) is 18.5. The molecule has 16 nitrogen and oxygen atoms in total. The molecule has 5 heterocycles. The highest BCUT2D eigenvalue weighted by atomic mass is 16.6. The van der Waals surface area contributed by atoms with E-state index in [0.717, 1.165) is 95.2 Å². The van der Waals surface area contributed by atoms with E-state index in [1.165, 1.54) is 356 Å². The first-order valence-electron chi connectivity index (χ1n) is 52.4. The summed E-state index contributed by atoms with van der Waals surface area (Å²) >= 11 is 0. The molecular weight excluding hydrogens is 1560 g/mol. The van der Waals surface area contributed by atoms with Crippen molar-refractivity contribution < 1.29 is 37.9 Å². The van der Waals surface area contributed by atoms with Crippen LogP contribution in [-0.2, 0) is 54.1 Å². The van der Waals surface area contributed by atoms with Crippen molar-refractivity contribution in [1.29, 1.82) is 0 Å². The Morgan fingerprint density at radius 3 is 0.627 bits per heavy atom. The van der Waals surface area contributed by atoms with Gasteiger partial charge in [0.1, 0.15) is 47.3 Å². The fraction of sp³-hybridized carbons (Fsp3) is 0.709. The van der Waals surface area contributed by atoms with E-state index >= 15 is 0 Å². The van der Waals surface area contributed by atoms with Crippen molar-refractivity contribution in [2.75, 3.05) is 93.5 Å². The lowest BCUT2D eigenvalue weighted by Gasteiger charge is -2.11. The van der Waals surface area contributed by atoms with Crippen LogP contribution >= 0.6 is 0 Å². The first-order chi connectivity index (χ1) is 62.4. The Labute approximate surface area is 763 Å². The third-order valence-corrected chi connectivity index (χ3v) is 26.2. The zero-order chi connectivity index (χ0) is 88.0. The van der Waals surface area contributed by atoms with Crippen molar-refractivity contribution in [3.05, 3.63) is 82.9 Å². The molecule has 2 aliphatic rings. The van der Waals surface area contributed by atoms with E-state index in [0.29, 0.717) is 137 Å². The van der Waals surface area contributed by atoms with E-state index < -0.39 is 0 Å². The van der Waals surface area contributed by atoms with Gasteiger partial charge in [0.15, 0.2) is 23.3 Å². The van der Waals surface area contributed by atoms with Crippen LogP contribution in [0.25, 0.3) is 89.7 Å². The number of nitrogens with zero attached hydrogens (tertiary/aromatic N) is 6. The monoisotopic (exact) mass is 1740 g/mol. The molecule has 0 unspecified atom stereocenters. The number of rotatable bonds is 80. The van der Waals surface area contributed by atoms with E-state index in [1.54, 1.807) is 14.2 Å².